The van der Waals surface area contributed by atoms with Gasteiger partial charge in [0.15, 0.2) is 0 Å². The molecule has 1 aromatic rings. The smallest absolute Gasteiger partial charge is 0.119 e. The van der Waals surface area contributed by atoms with Crippen molar-refractivity contribution < 1.29 is 10.2 Å². The maximum atomic E-state index is 8.55. The maximum Gasteiger partial charge on any atom is 0.119 e. The summed E-state index contributed by atoms with van der Waals surface area (Å²) in [6.45, 7) is 0.210. The van der Waals surface area contributed by atoms with Crippen molar-refractivity contribution in [3.8, 4) is 0 Å². The highest BCUT2D eigenvalue weighted by Crippen LogP contribution is 2.09. The van der Waals surface area contributed by atoms with E-state index in [2.05, 4.69) is 10.2 Å². The maximum absolute atomic E-state index is 8.55. The number of hydrogen-bond acceptors (Lipinski definition) is 5. The van der Waals surface area contributed by atoms with Gasteiger partial charge in [0.2, 0.25) is 0 Å². The minimum atomic E-state index is 0.105. The predicted octanol–water partition coefficient (Wildman–Crippen LogP) is -0.392. The summed E-state index contributed by atoms with van der Waals surface area (Å²) in [6.07, 6.45) is 1.12. The van der Waals surface area contributed by atoms with Crippen molar-refractivity contribution in [1.82, 2.24) is 10.2 Å². The van der Waals surface area contributed by atoms with Gasteiger partial charge in [-0.2, -0.15) is 0 Å². The largest absolute Gasteiger partial charge is 0.396 e. The summed E-state index contributed by atoms with van der Waals surface area (Å²) in [4.78, 5) is 0. The van der Waals surface area contributed by atoms with E-state index in [1.54, 1.807) is 0 Å². The van der Waals surface area contributed by atoms with Gasteiger partial charge in [0, 0.05) is 26.1 Å². The number of aliphatic hydroxyl groups excluding tert-OH is 2. The molecule has 0 bridgehead atoms. The zero-order valence-corrected chi connectivity index (χ0v) is 6.84. The number of aliphatic hydroxyl groups is 2. The number of nitrogens with zero attached hydrogens (tertiary/aromatic N) is 2. The summed E-state index contributed by atoms with van der Waals surface area (Å²) in [7, 11) is 0. The number of hydrogen-bond donors (Lipinski definition) is 2. The fourth-order valence-corrected chi connectivity index (χ4v) is 1.50. The van der Waals surface area contributed by atoms with Crippen LogP contribution in [0.15, 0.2) is 0 Å². The van der Waals surface area contributed by atoms with Gasteiger partial charge in [-0.15, -0.1) is 21.5 Å². The normalized spacial score (nSPS) is 10.4. The standard InChI is InChI=1S/C6H10N2O2S/c9-3-1-5-7-8-6(11-5)2-4-10/h9-10H,1-4H2. The molecule has 0 atom stereocenters. The summed E-state index contributed by atoms with van der Waals surface area (Å²) in [6, 6.07) is 0. The van der Waals surface area contributed by atoms with Crippen LogP contribution in [0.25, 0.3) is 0 Å². The van der Waals surface area contributed by atoms with E-state index in [9.17, 15) is 0 Å². The quantitative estimate of drug-likeness (QED) is 0.652. The molecule has 1 heterocycles. The van der Waals surface area contributed by atoms with Gasteiger partial charge >= 0.3 is 0 Å². The topological polar surface area (TPSA) is 66.2 Å². The summed E-state index contributed by atoms with van der Waals surface area (Å²) >= 11 is 1.44. The molecule has 1 rings (SSSR count). The van der Waals surface area contributed by atoms with Crippen LogP contribution >= 0.6 is 11.3 Å². The van der Waals surface area contributed by atoms with Crippen molar-refractivity contribution in [1.29, 1.82) is 0 Å². The molecule has 2 N–H and O–H groups in total. The lowest BCUT2D eigenvalue weighted by atomic mass is 10.5. The molecule has 0 radical (unpaired) electrons. The van der Waals surface area contributed by atoms with E-state index in [0.29, 0.717) is 12.8 Å². The molecule has 0 spiro atoms. The van der Waals surface area contributed by atoms with E-state index in [4.69, 9.17) is 10.2 Å². The first-order valence-electron chi connectivity index (χ1n) is 3.40. The van der Waals surface area contributed by atoms with Crippen LogP contribution in [0.4, 0.5) is 0 Å². The molecule has 5 heteroatoms. The first-order valence-corrected chi connectivity index (χ1v) is 4.21. The van der Waals surface area contributed by atoms with Gasteiger partial charge in [-0.25, -0.2) is 0 Å². The Morgan fingerprint density at radius 2 is 1.45 bits per heavy atom. The van der Waals surface area contributed by atoms with Crippen molar-refractivity contribution in [3.63, 3.8) is 0 Å². The van der Waals surface area contributed by atoms with Crippen LogP contribution in [0.3, 0.4) is 0 Å². The Labute approximate surface area is 68.5 Å². The van der Waals surface area contributed by atoms with Crippen molar-refractivity contribution in [3.05, 3.63) is 10.0 Å². The Morgan fingerprint density at radius 3 is 1.82 bits per heavy atom. The van der Waals surface area contributed by atoms with Gasteiger partial charge in [0.25, 0.3) is 0 Å². The van der Waals surface area contributed by atoms with E-state index in [-0.39, 0.29) is 13.2 Å². The van der Waals surface area contributed by atoms with Crippen LogP contribution in [-0.2, 0) is 12.8 Å². The highest BCUT2D eigenvalue weighted by Gasteiger charge is 2.01. The van der Waals surface area contributed by atoms with Crippen molar-refractivity contribution in [2.45, 2.75) is 12.8 Å². The lowest BCUT2D eigenvalue weighted by Crippen LogP contribution is -1.88. The molecule has 0 saturated heterocycles. The highest BCUT2D eigenvalue weighted by molar-refractivity contribution is 7.11. The second kappa shape index (κ2) is 4.38. The number of rotatable bonds is 4. The molecule has 0 unspecified atom stereocenters. The third-order valence-corrected chi connectivity index (χ3v) is 2.20. The fraction of sp³-hybridized carbons (Fsp3) is 0.667. The summed E-state index contributed by atoms with van der Waals surface area (Å²) in [5, 5.41) is 26.4. The van der Waals surface area contributed by atoms with E-state index in [1.807, 2.05) is 0 Å². The van der Waals surface area contributed by atoms with Gasteiger partial charge in [-0.1, -0.05) is 0 Å². The summed E-state index contributed by atoms with van der Waals surface area (Å²) in [5.74, 6) is 0. The molecule has 0 amide bonds. The molecule has 0 aromatic carbocycles. The minimum Gasteiger partial charge on any atom is -0.396 e. The fourth-order valence-electron chi connectivity index (χ4n) is 0.682. The van der Waals surface area contributed by atoms with Crippen LogP contribution in [0.1, 0.15) is 10.0 Å². The highest BCUT2D eigenvalue weighted by atomic mass is 32.1. The SMILES string of the molecule is OCCc1nnc(CCO)s1. The summed E-state index contributed by atoms with van der Waals surface area (Å²) in [5.41, 5.74) is 0. The molecule has 0 aliphatic heterocycles. The van der Waals surface area contributed by atoms with Crippen molar-refractivity contribution in [2.24, 2.45) is 0 Å². The van der Waals surface area contributed by atoms with E-state index >= 15 is 0 Å². The molecule has 0 saturated carbocycles. The molecular weight excluding hydrogens is 164 g/mol. The van der Waals surface area contributed by atoms with Gasteiger partial charge in [-0.05, 0) is 0 Å². The average molecular weight is 174 g/mol. The summed E-state index contributed by atoms with van der Waals surface area (Å²) < 4.78 is 0. The lowest BCUT2D eigenvalue weighted by Gasteiger charge is -1.85. The van der Waals surface area contributed by atoms with Crippen LogP contribution in [0.2, 0.25) is 0 Å². The van der Waals surface area contributed by atoms with Gasteiger partial charge in [0.1, 0.15) is 10.0 Å². The van der Waals surface area contributed by atoms with E-state index < -0.39 is 0 Å². The monoisotopic (exact) mass is 174 g/mol. The zero-order chi connectivity index (χ0) is 8.10. The minimum absolute atomic E-state index is 0.105. The molecule has 4 nitrogen and oxygen atoms in total. The molecular formula is C6H10N2O2S. The Hall–Kier alpha value is -0.520. The third-order valence-electron chi connectivity index (χ3n) is 1.16. The van der Waals surface area contributed by atoms with Crippen LogP contribution < -0.4 is 0 Å². The molecule has 0 fully saturated rings. The van der Waals surface area contributed by atoms with Gasteiger partial charge in [0.05, 0.1) is 0 Å². The third kappa shape index (κ3) is 2.53. The van der Waals surface area contributed by atoms with Crippen molar-refractivity contribution in [2.75, 3.05) is 13.2 Å². The van der Waals surface area contributed by atoms with E-state index in [0.717, 1.165) is 10.0 Å². The zero-order valence-electron chi connectivity index (χ0n) is 6.03. The lowest BCUT2D eigenvalue weighted by molar-refractivity contribution is 0.298. The second-order valence-electron chi connectivity index (χ2n) is 2.04. The van der Waals surface area contributed by atoms with Gasteiger partial charge < -0.3 is 10.2 Å². The first kappa shape index (κ1) is 8.58. The molecule has 0 aliphatic carbocycles. The molecule has 1 aromatic heterocycles. The molecule has 0 aliphatic rings. The van der Waals surface area contributed by atoms with Crippen LogP contribution in [0, 0.1) is 0 Å². The van der Waals surface area contributed by atoms with E-state index in [1.165, 1.54) is 11.3 Å². The predicted molar refractivity (Wildman–Crippen MR) is 41.5 cm³/mol. The molecule has 11 heavy (non-hydrogen) atoms. The molecule has 62 valence electrons. The van der Waals surface area contributed by atoms with Crippen LogP contribution in [0.5, 0.6) is 0 Å². The van der Waals surface area contributed by atoms with Gasteiger partial charge in [-0.3, -0.25) is 0 Å². The Kier molecular flexibility index (Phi) is 3.41. The Morgan fingerprint density at radius 1 is 1.00 bits per heavy atom. The van der Waals surface area contributed by atoms with Crippen LogP contribution in [-0.4, -0.2) is 33.6 Å². The Bertz CT molecular complexity index is 194. The second-order valence-corrected chi connectivity index (χ2v) is 3.18. The number of aromatic nitrogens is 2. The van der Waals surface area contributed by atoms with Crippen molar-refractivity contribution >= 4 is 11.3 Å². The Balaban J connectivity index is 2.51. The first-order chi connectivity index (χ1) is 5.36. The average Bonchev–Trinajstić information content (AvgIpc) is 2.38.